The molecule has 5 fully saturated rings. The zero-order valence-electron chi connectivity index (χ0n) is 41.3. The quantitative estimate of drug-likeness (QED) is 0.0845. The third-order valence-electron chi connectivity index (χ3n) is 15.8. The smallest absolute Gasteiger partial charge is 0.319 e. The third kappa shape index (κ3) is 13.3. The molecule has 71 heavy (non-hydrogen) atoms. The summed E-state index contributed by atoms with van der Waals surface area (Å²) in [5, 5.41) is 14.5. The molecular weight excluding hydrogens is 895 g/mol. The largest absolute Gasteiger partial charge is 0.335 e. The first kappa shape index (κ1) is 50.1. The van der Waals surface area contributed by atoms with Gasteiger partial charge in [-0.2, -0.15) is 0 Å². The molecule has 6 N–H and O–H groups in total. The Kier molecular flexibility index (Phi) is 16.6. The van der Waals surface area contributed by atoms with Crippen LogP contribution in [0.1, 0.15) is 99.3 Å². The van der Waals surface area contributed by atoms with Crippen LogP contribution in [0, 0.1) is 30.4 Å². The number of halogens is 2. The molecular formula is C58H72F2N8O3. The van der Waals surface area contributed by atoms with Crippen LogP contribution in [-0.2, 0) is 24.3 Å². The Balaban J connectivity index is 0.000000178. The van der Waals surface area contributed by atoms with Gasteiger partial charge in [-0.15, -0.1) is 0 Å². The van der Waals surface area contributed by atoms with Crippen LogP contribution in [-0.4, -0.2) is 89.1 Å². The second-order valence-electron chi connectivity index (χ2n) is 21.0. The van der Waals surface area contributed by atoms with Gasteiger partial charge < -0.3 is 36.8 Å². The van der Waals surface area contributed by atoms with E-state index >= 15 is 0 Å². The maximum Gasteiger partial charge on any atom is 0.319 e. The number of nitrogens with zero attached hydrogens (tertiary/aromatic N) is 3. The van der Waals surface area contributed by atoms with Crippen molar-refractivity contribution in [1.29, 1.82) is 0 Å². The highest BCUT2D eigenvalue weighted by atomic mass is 19.1. The Morgan fingerprint density at radius 3 is 2.17 bits per heavy atom. The summed E-state index contributed by atoms with van der Waals surface area (Å²) in [5.41, 5.74) is 11.9. The van der Waals surface area contributed by atoms with Gasteiger partial charge in [0.05, 0.1) is 0 Å². The molecule has 5 aromatic rings. The molecule has 1 aliphatic carbocycles. The van der Waals surface area contributed by atoms with Crippen LogP contribution in [0.4, 0.5) is 29.7 Å². The van der Waals surface area contributed by atoms with E-state index in [1.807, 2.05) is 79.7 Å². The molecule has 4 saturated heterocycles. The molecule has 11 nitrogen and oxygen atoms in total. The van der Waals surface area contributed by atoms with Gasteiger partial charge in [0.1, 0.15) is 17.7 Å². The fraction of sp³-hybridized carbons (Fsp3) is 0.466. The minimum absolute atomic E-state index is 0.116. The van der Waals surface area contributed by atoms with E-state index in [1.165, 1.54) is 36.5 Å². The van der Waals surface area contributed by atoms with Crippen molar-refractivity contribution in [3.63, 3.8) is 0 Å². The topological polar surface area (TPSA) is 135 Å². The average molecular weight is 967 g/mol. The molecule has 1 saturated carbocycles. The van der Waals surface area contributed by atoms with Crippen LogP contribution in [0.3, 0.4) is 0 Å². The molecule has 5 aromatic carbocycles. The molecule has 10 rings (SSSR count). The standard InChI is InChI=1S/C31H35FN4O2.C27H37FN4O/c1-20-4-10-25(11-5-20)33-30(37)29-3-2-14-35(29)31(38)34-26-17-27-12-13-28(18-26)36(27)19-21-6-7-23-16-24(32)9-8-22(23)15-21;28-24-12-10-20(11-13-24)15-22-6-4-14-32(18-22)19-23-7-1-2-9-26(23)31-27(33)30-25-8-3-5-21(16-25)17-29/h4-11,15-16,26-29H,2-3,12-14,17-19H2,1H3,(H,33,37)(H,34,38);3,5,8,10-13,16,22-23,26H,1-2,4,6-7,9,14-15,17-19,29H2,(H2,30,31,33)/t26?,27?,28?,29-;22-,23-,26+/m00/s1. The molecule has 2 bridgehead atoms. The highest BCUT2D eigenvalue weighted by Gasteiger charge is 2.42. The molecule has 4 aliphatic heterocycles. The second kappa shape index (κ2) is 23.6. The van der Waals surface area contributed by atoms with Crippen molar-refractivity contribution in [2.75, 3.05) is 36.8 Å². The predicted molar refractivity (Wildman–Crippen MR) is 279 cm³/mol. The Morgan fingerprint density at radius 1 is 0.662 bits per heavy atom. The van der Waals surface area contributed by atoms with Crippen LogP contribution in [0.25, 0.3) is 10.8 Å². The van der Waals surface area contributed by atoms with E-state index in [0.29, 0.717) is 43.4 Å². The molecule has 0 radical (unpaired) electrons. The van der Waals surface area contributed by atoms with Crippen LogP contribution >= 0.6 is 0 Å². The van der Waals surface area contributed by atoms with Crippen molar-refractivity contribution in [2.45, 2.75) is 134 Å². The lowest BCUT2D eigenvalue weighted by molar-refractivity contribution is -0.119. The van der Waals surface area contributed by atoms with E-state index in [1.54, 1.807) is 23.1 Å². The van der Waals surface area contributed by atoms with Crippen molar-refractivity contribution >= 4 is 40.1 Å². The number of urea groups is 2. The normalized spacial score (nSPS) is 24.5. The van der Waals surface area contributed by atoms with Gasteiger partial charge in [-0.1, -0.05) is 73.0 Å². The van der Waals surface area contributed by atoms with E-state index in [0.717, 1.165) is 117 Å². The van der Waals surface area contributed by atoms with Crippen molar-refractivity contribution < 1.29 is 23.2 Å². The maximum absolute atomic E-state index is 13.5. The van der Waals surface area contributed by atoms with E-state index in [2.05, 4.69) is 43.2 Å². The van der Waals surface area contributed by atoms with Gasteiger partial charge in [-0.25, -0.2) is 18.4 Å². The van der Waals surface area contributed by atoms with Crippen LogP contribution < -0.4 is 27.0 Å². The van der Waals surface area contributed by atoms with Gasteiger partial charge in [0.15, 0.2) is 0 Å². The number of piperidine rings is 2. The van der Waals surface area contributed by atoms with Crippen molar-refractivity contribution in [3.8, 4) is 0 Å². The van der Waals surface area contributed by atoms with E-state index < -0.39 is 6.04 Å². The van der Waals surface area contributed by atoms with E-state index in [4.69, 9.17) is 5.73 Å². The fourth-order valence-electron chi connectivity index (χ4n) is 12.1. The average Bonchev–Trinajstić information content (AvgIpc) is 3.95. The van der Waals surface area contributed by atoms with Crippen LogP contribution in [0.2, 0.25) is 0 Å². The Labute approximate surface area is 418 Å². The summed E-state index contributed by atoms with van der Waals surface area (Å²) in [6.07, 6.45) is 13.7. The molecule has 2 unspecified atom stereocenters. The number of fused-ring (bicyclic) bond motifs is 3. The summed E-state index contributed by atoms with van der Waals surface area (Å²) in [6, 6.07) is 34.1. The SMILES string of the molecule is Cc1ccc(NC(=O)[C@@H]2CCCN2C(=O)NC2CC3CCC(C2)N3Cc2ccc3cc(F)ccc3c2)cc1.NCc1cccc(NC(=O)N[C@@H]2CCCC[C@H]2CN2CCC[C@@H](Cc3ccc(F)cc3)C2)c1. The Bertz CT molecular complexity index is 2580. The monoisotopic (exact) mass is 967 g/mol. The van der Waals surface area contributed by atoms with Crippen molar-refractivity contribution in [2.24, 2.45) is 17.6 Å². The lowest BCUT2D eigenvalue weighted by atomic mass is 9.83. The summed E-state index contributed by atoms with van der Waals surface area (Å²) in [4.78, 5) is 45.8. The van der Waals surface area contributed by atoms with Crippen molar-refractivity contribution in [3.05, 3.63) is 143 Å². The zero-order chi connectivity index (χ0) is 49.3. The van der Waals surface area contributed by atoms with Gasteiger partial charge in [-0.3, -0.25) is 9.69 Å². The van der Waals surface area contributed by atoms with Gasteiger partial charge in [-0.05, 0) is 178 Å². The number of anilines is 2. The van der Waals surface area contributed by atoms with Crippen LogP contribution in [0.15, 0.2) is 109 Å². The molecule has 4 heterocycles. The number of aryl methyl sites for hydroxylation is 1. The zero-order valence-corrected chi connectivity index (χ0v) is 41.3. The molecule has 0 spiro atoms. The number of hydrogen-bond acceptors (Lipinski definition) is 6. The summed E-state index contributed by atoms with van der Waals surface area (Å²) in [7, 11) is 0. The first-order valence-electron chi connectivity index (χ1n) is 26.2. The molecule has 13 heteroatoms. The highest BCUT2D eigenvalue weighted by molar-refractivity contribution is 5.97. The maximum atomic E-state index is 13.5. The van der Waals surface area contributed by atoms with Crippen molar-refractivity contribution in [1.82, 2.24) is 25.3 Å². The number of carbonyl (C=O) groups excluding carboxylic acids is 3. The molecule has 0 aromatic heterocycles. The summed E-state index contributed by atoms with van der Waals surface area (Å²) >= 11 is 0. The number of hydrogen-bond donors (Lipinski definition) is 5. The Morgan fingerprint density at radius 2 is 1.38 bits per heavy atom. The number of nitrogens with one attached hydrogen (secondary N) is 4. The van der Waals surface area contributed by atoms with Gasteiger partial charge in [0.2, 0.25) is 5.91 Å². The molecule has 5 aliphatic rings. The number of benzene rings is 5. The first-order valence-corrected chi connectivity index (χ1v) is 26.2. The van der Waals surface area contributed by atoms with E-state index in [9.17, 15) is 23.2 Å². The van der Waals surface area contributed by atoms with Crippen LogP contribution in [0.5, 0.6) is 0 Å². The number of nitrogens with two attached hydrogens (primary N) is 1. The number of carbonyl (C=O) groups is 3. The van der Waals surface area contributed by atoms with Gasteiger partial charge in [0, 0.05) is 68.3 Å². The summed E-state index contributed by atoms with van der Waals surface area (Å²) in [6.45, 7) is 7.19. The minimum Gasteiger partial charge on any atom is -0.335 e. The lowest BCUT2D eigenvalue weighted by Gasteiger charge is -2.40. The van der Waals surface area contributed by atoms with E-state index in [-0.39, 0.29) is 41.7 Å². The number of rotatable bonds is 12. The van der Waals surface area contributed by atoms with Gasteiger partial charge in [0.25, 0.3) is 0 Å². The molecule has 6 atom stereocenters. The Hall–Kier alpha value is -5.89. The highest BCUT2D eigenvalue weighted by Crippen LogP contribution is 2.38. The molecule has 5 amide bonds. The predicted octanol–water partition coefficient (Wildman–Crippen LogP) is 10.5. The third-order valence-corrected chi connectivity index (χ3v) is 15.8. The summed E-state index contributed by atoms with van der Waals surface area (Å²) in [5.74, 6) is 0.590. The fourth-order valence-corrected chi connectivity index (χ4v) is 12.1. The van der Waals surface area contributed by atoms with Gasteiger partial charge >= 0.3 is 12.1 Å². The number of amides is 5. The summed E-state index contributed by atoms with van der Waals surface area (Å²) < 4.78 is 26.8. The lowest BCUT2D eigenvalue weighted by Crippen LogP contribution is -2.54. The first-order chi connectivity index (χ1) is 34.5. The number of likely N-dealkylation sites (tertiary alicyclic amines) is 2. The molecule has 376 valence electrons. The second-order valence-corrected chi connectivity index (χ2v) is 21.0. The minimum atomic E-state index is -0.436.